The van der Waals surface area contributed by atoms with Gasteiger partial charge in [0.1, 0.15) is 12.0 Å². The van der Waals surface area contributed by atoms with Crippen molar-refractivity contribution in [3.05, 3.63) is 36.4 Å². The third-order valence-electron chi connectivity index (χ3n) is 3.11. The number of aromatic nitrogens is 2. The van der Waals surface area contributed by atoms with E-state index in [0.29, 0.717) is 0 Å². The molecule has 0 aromatic carbocycles. The monoisotopic (exact) mass is 234 g/mol. The lowest BCUT2D eigenvalue weighted by Crippen LogP contribution is -2.29. The fraction of sp³-hybridized carbons (Fsp3) is 0.538. The van der Waals surface area contributed by atoms with Crippen LogP contribution in [0.15, 0.2) is 33.9 Å². The van der Waals surface area contributed by atoms with Crippen LogP contribution in [0, 0.1) is 0 Å². The summed E-state index contributed by atoms with van der Waals surface area (Å²) in [6, 6.07) is 1.91. The first-order valence-electron chi connectivity index (χ1n) is 5.72. The van der Waals surface area contributed by atoms with Crippen LogP contribution in [0.25, 0.3) is 0 Å². The van der Waals surface area contributed by atoms with Crippen molar-refractivity contribution in [2.45, 2.75) is 44.9 Å². The molecule has 0 saturated carbocycles. The molecule has 0 fully saturated rings. The molecule has 0 radical (unpaired) electrons. The first kappa shape index (κ1) is 11.9. The molecule has 0 unspecified atom stereocenters. The summed E-state index contributed by atoms with van der Waals surface area (Å²) in [5.74, 6) is 0.897. The third kappa shape index (κ3) is 2.40. The van der Waals surface area contributed by atoms with Gasteiger partial charge >= 0.3 is 0 Å². The Morgan fingerprint density at radius 2 is 1.94 bits per heavy atom. The Labute approximate surface area is 101 Å². The largest absolute Gasteiger partial charge is 0.448 e. The molecule has 2 rings (SSSR count). The number of rotatable bonds is 4. The van der Waals surface area contributed by atoms with Crippen molar-refractivity contribution in [1.29, 1.82) is 0 Å². The quantitative estimate of drug-likeness (QED) is 0.814. The molecule has 0 bridgehead atoms. The Morgan fingerprint density at radius 1 is 1.18 bits per heavy atom. The number of hydrogen-bond donors (Lipinski definition) is 0. The van der Waals surface area contributed by atoms with E-state index in [0.717, 1.165) is 17.9 Å². The molecule has 0 aliphatic heterocycles. The first-order valence-corrected chi connectivity index (χ1v) is 5.72. The van der Waals surface area contributed by atoms with Crippen LogP contribution < -0.4 is 0 Å². The van der Waals surface area contributed by atoms with Crippen LogP contribution in [0.3, 0.4) is 0 Å². The highest BCUT2D eigenvalue weighted by atomic mass is 16.5. The Hall–Kier alpha value is -1.58. The molecule has 0 N–H and O–H groups in total. The van der Waals surface area contributed by atoms with Gasteiger partial charge in [-0.2, -0.15) is 0 Å². The van der Waals surface area contributed by atoms with E-state index in [1.807, 2.05) is 6.07 Å². The number of oxazole rings is 1. The number of hydrogen-bond acceptors (Lipinski definition) is 4. The van der Waals surface area contributed by atoms with Crippen LogP contribution in [0.2, 0.25) is 0 Å². The van der Waals surface area contributed by atoms with Crippen molar-refractivity contribution in [2.75, 3.05) is 0 Å². The summed E-state index contributed by atoms with van der Waals surface area (Å²) in [7, 11) is 0. The van der Waals surface area contributed by atoms with Crippen LogP contribution in [-0.4, -0.2) is 10.1 Å². The Bertz CT molecular complexity index is 411. The zero-order valence-corrected chi connectivity index (χ0v) is 10.7. The molecule has 0 atom stereocenters. The topological polar surface area (TPSA) is 52.1 Å². The summed E-state index contributed by atoms with van der Waals surface area (Å²) < 4.78 is 10.3. The fourth-order valence-electron chi connectivity index (χ4n) is 2.39. The van der Waals surface area contributed by atoms with E-state index in [4.69, 9.17) is 8.94 Å². The van der Waals surface area contributed by atoms with Gasteiger partial charge in [-0.1, -0.05) is 32.9 Å². The molecule has 0 spiro atoms. The van der Waals surface area contributed by atoms with Crippen molar-refractivity contribution in [3.8, 4) is 0 Å². The molecule has 0 saturated heterocycles. The van der Waals surface area contributed by atoms with Crippen LogP contribution >= 0.6 is 0 Å². The second-order valence-corrected chi connectivity index (χ2v) is 5.69. The Morgan fingerprint density at radius 3 is 2.47 bits per heavy atom. The summed E-state index contributed by atoms with van der Waals surface area (Å²) in [6.45, 7) is 8.61. The summed E-state index contributed by atoms with van der Waals surface area (Å²) in [6.07, 6.45) is 5.76. The minimum absolute atomic E-state index is 0.0662. The van der Waals surface area contributed by atoms with E-state index < -0.39 is 0 Å². The maximum absolute atomic E-state index is 5.41. The summed E-state index contributed by atoms with van der Waals surface area (Å²) in [5, 5.41) is 4.03. The summed E-state index contributed by atoms with van der Waals surface area (Å²) >= 11 is 0. The van der Waals surface area contributed by atoms with Crippen LogP contribution in [-0.2, 0) is 10.8 Å². The maximum atomic E-state index is 5.41. The van der Waals surface area contributed by atoms with E-state index in [1.54, 1.807) is 12.5 Å². The van der Waals surface area contributed by atoms with E-state index in [1.165, 1.54) is 6.39 Å². The minimum atomic E-state index is -0.0844. The smallest absolute Gasteiger partial charge is 0.180 e. The molecule has 2 aromatic rings. The zero-order valence-electron chi connectivity index (χ0n) is 10.7. The van der Waals surface area contributed by atoms with Crippen molar-refractivity contribution in [1.82, 2.24) is 10.1 Å². The van der Waals surface area contributed by atoms with E-state index >= 15 is 0 Å². The second kappa shape index (κ2) is 4.02. The molecule has 0 aliphatic carbocycles. The fourth-order valence-corrected chi connectivity index (χ4v) is 2.39. The van der Waals surface area contributed by atoms with E-state index in [-0.39, 0.29) is 10.8 Å². The number of nitrogens with zero attached hydrogens (tertiary/aromatic N) is 2. The van der Waals surface area contributed by atoms with Crippen molar-refractivity contribution >= 4 is 0 Å². The molecule has 4 heteroatoms. The molecule has 0 amide bonds. The van der Waals surface area contributed by atoms with Gasteiger partial charge in [0, 0.05) is 16.9 Å². The van der Waals surface area contributed by atoms with Crippen LogP contribution in [0.4, 0.5) is 0 Å². The van der Waals surface area contributed by atoms with Gasteiger partial charge in [0.2, 0.25) is 0 Å². The molecule has 17 heavy (non-hydrogen) atoms. The summed E-state index contributed by atoms with van der Waals surface area (Å²) in [5.41, 5.74) is 0.812. The second-order valence-electron chi connectivity index (χ2n) is 5.69. The van der Waals surface area contributed by atoms with Gasteiger partial charge in [-0.05, 0) is 6.42 Å². The van der Waals surface area contributed by atoms with Gasteiger partial charge in [0.25, 0.3) is 0 Å². The van der Waals surface area contributed by atoms with Crippen LogP contribution in [0.1, 0.15) is 45.6 Å². The highest BCUT2D eigenvalue weighted by Gasteiger charge is 2.35. The van der Waals surface area contributed by atoms with Gasteiger partial charge in [0.15, 0.2) is 6.39 Å². The lowest BCUT2D eigenvalue weighted by molar-refractivity contribution is 0.284. The Kier molecular flexibility index (Phi) is 2.81. The summed E-state index contributed by atoms with van der Waals surface area (Å²) in [4.78, 5) is 3.98. The van der Waals surface area contributed by atoms with Crippen LogP contribution in [0.5, 0.6) is 0 Å². The molecule has 2 heterocycles. The standard InChI is InChI=1S/C13H18N2O2/c1-12(2,10-5-6-17-15-10)8-13(3,4)11-7-14-9-16-11/h5-7,9H,8H2,1-4H3. The normalized spacial score (nSPS) is 12.9. The zero-order chi connectivity index (χ0) is 12.5. The third-order valence-corrected chi connectivity index (χ3v) is 3.11. The Balaban J connectivity index is 2.21. The molecule has 2 aromatic heterocycles. The highest BCUT2D eigenvalue weighted by molar-refractivity contribution is 5.16. The van der Waals surface area contributed by atoms with E-state index in [2.05, 4.69) is 37.8 Å². The average Bonchev–Trinajstić information content (AvgIpc) is 2.91. The molecule has 0 aliphatic rings. The van der Waals surface area contributed by atoms with Crippen molar-refractivity contribution < 1.29 is 8.94 Å². The first-order chi connectivity index (χ1) is 7.92. The predicted molar refractivity (Wildman–Crippen MR) is 63.7 cm³/mol. The highest BCUT2D eigenvalue weighted by Crippen LogP contribution is 2.37. The van der Waals surface area contributed by atoms with Gasteiger partial charge in [0.05, 0.1) is 11.9 Å². The maximum Gasteiger partial charge on any atom is 0.180 e. The van der Waals surface area contributed by atoms with Crippen molar-refractivity contribution in [3.63, 3.8) is 0 Å². The minimum Gasteiger partial charge on any atom is -0.448 e. The van der Waals surface area contributed by atoms with Gasteiger partial charge in [-0.25, -0.2) is 4.98 Å². The molecular weight excluding hydrogens is 216 g/mol. The average molecular weight is 234 g/mol. The van der Waals surface area contributed by atoms with Gasteiger partial charge in [-0.3, -0.25) is 0 Å². The van der Waals surface area contributed by atoms with Crippen molar-refractivity contribution in [2.24, 2.45) is 0 Å². The molecule has 92 valence electrons. The predicted octanol–water partition coefficient (Wildman–Crippen LogP) is 3.31. The molecular formula is C13H18N2O2. The van der Waals surface area contributed by atoms with Gasteiger partial charge < -0.3 is 8.94 Å². The SMILES string of the molecule is CC(C)(CC(C)(C)c1cnco1)c1ccon1. The van der Waals surface area contributed by atoms with Gasteiger partial charge in [-0.15, -0.1) is 0 Å². The lowest BCUT2D eigenvalue weighted by atomic mass is 9.72. The van der Waals surface area contributed by atoms with E-state index in [9.17, 15) is 0 Å². The molecule has 4 nitrogen and oxygen atoms in total. The lowest BCUT2D eigenvalue weighted by Gasteiger charge is -2.31.